The number of nitrogens with one attached hydrogen (secondary N) is 1. The lowest BCUT2D eigenvalue weighted by Crippen LogP contribution is -1.83. The summed E-state index contributed by atoms with van der Waals surface area (Å²) in [6, 6.07) is 7.80. The molecule has 0 radical (unpaired) electrons. The molecular formula is C10H10ClNO. The maximum atomic E-state index is 9.55. The van der Waals surface area contributed by atoms with E-state index in [1.165, 1.54) is 0 Å². The third kappa shape index (κ3) is 1.38. The van der Waals surface area contributed by atoms with Crippen molar-refractivity contribution in [3.05, 3.63) is 29.8 Å². The fraction of sp³-hybridized carbons (Fsp3) is 0.200. The number of aromatic nitrogens is 1. The number of aromatic amines is 1. The van der Waals surface area contributed by atoms with E-state index in [0.717, 1.165) is 16.5 Å². The molecule has 0 saturated heterocycles. The van der Waals surface area contributed by atoms with Crippen LogP contribution in [0.3, 0.4) is 0 Å². The van der Waals surface area contributed by atoms with E-state index in [9.17, 15) is 5.11 Å². The van der Waals surface area contributed by atoms with Gasteiger partial charge in [0.25, 0.3) is 0 Å². The van der Waals surface area contributed by atoms with Crippen molar-refractivity contribution in [2.75, 3.05) is 5.88 Å². The van der Waals surface area contributed by atoms with Crippen LogP contribution in [0.1, 0.15) is 5.56 Å². The third-order valence-corrected chi connectivity index (χ3v) is 2.32. The first-order valence-corrected chi connectivity index (χ1v) is 4.71. The van der Waals surface area contributed by atoms with Gasteiger partial charge >= 0.3 is 0 Å². The van der Waals surface area contributed by atoms with Gasteiger partial charge in [-0.2, -0.15) is 0 Å². The van der Waals surface area contributed by atoms with Crippen molar-refractivity contribution in [3.8, 4) is 5.88 Å². The quantitative estimate of drug-likeness (QED) is 0.711. The minimum atomic E-state index is 0.238. The number of hydrogen-bond donors (Lipinski definition) is 2. The fourth-order valence-corrected chi connectivity index (χ4v) is 1.72. The van der Waals surface area contributed by atoms with E-state index in [2.05, 4.69) is 4.98 Å². The number of benzene rings is 1. The van der Waals surface area contributed by atoms with Crippen LogP contribution in [0, 0.1) is 0 Å². The number of halogens is 1. The van der Waals surface area contributed by atoms with E-state index in [-0.39, 0.29) is 5.88 Å². The molecule has 2 aromatic rings. The molecular weight excluding hydrogens is 186 g/mol. The van der Waals surface area contributed by atoms with Crippen LogP contribution in [0.15, 0.2) is 24.3 Å². The Bertz CT molecular complexity index is 422. The van der Waals surface area contributed by atoms with Crippen LogP contribution in [0.2, 0.25) is 0 Å². The number of hydrogen-bond acceptors (Lipinski definition) is 1. The van der Waals surface area contributed by atoms with Gasteiger partial charge in [0.1, 0.15) is 0 Å². The summed E-state index contributed by atoms with van der Waals surface area (Å²) in [6.07, 6.45) is 0.692. The van der Waals surface area contributed by atoms with Crippen molar-refractivity contribution in [2.24, 2.45) is 0 Å². The van der Waals surface area contributed by atoms with Gasteiger partial charge in [-0.15, -0.1) is 11.6 Å². The van der Waals surface area contributed by atoms with E-state index in [1.54, 1.807) is 0 Å². The predicted molar refractivity (Wildman–Crippen MR) is 54.4 cm³/mol. The Kier molecular flexibility index (Phi) is 2.15. The second kappa shape index (κ2) is 3.30. The molecule has 0 aliphatic heterocycles. The lowest BCUT2D eigenvalue weighted by atomic mass is 10.1. The minimum absolute atomic E-state index is 0.238. The van der Waals surface area contributed by atoms with Crippen LogP contribution in [-0.2, 0) is 6.42 Å². The molecule has 2 nitrogen and oxygen atoms in total. The van der Waals surface area contributed by atoms with Crippen molar-refractivity contribution in [1.29, 1.82) is 0 Å². The molecule has 2 rings (SSSR count). The van der Waals surface area contributed by atoms with Crippen molar-refractivity contribution in [1.82, 2.24) is 4.98 Å². The maximum Gasteiger partial charge on any atom is 0.192 e. The second-order valence-electron chi connectivity index (χ2n) is 2.94. The Balaban J connectivity index is 2.64. The predicted octanol–water partition coefficient (Wildman–Crippen LogP) is 2.65. The first kappa shape index (κ1) is 8.45. The molecule has 0 fully saturated rings. The van der Waals surface area contributed by atoms with E-state index in [0.29, 0.717) is 12.3 Å². The summed E-state index contributed by atoms with van der Waals surface area (Å²) in [5, 5.41) is 10.6. The van der Waals surface area contributed by atoms with Crippen LogP contribution in [0.4, 0.5) is 0 Å². The molecule has 0 spiro atoms. The lowest BCUT2D eigenvalue weighted by Gasteiger charge is -1.94. The van der Waals surface area contributed by atoms with Gasteiger partial charge in [-0.05, 0) is 12.5 Å². The molecule has 0 aliphatic carbocycles. The summed E-state index contributed by atoms with van der Waals surface area (Å²) in [6.45, 7) is 0. The summed E-state index contributed by atoms with van der Waals surface area (Å²) in [7, 11) is 0. The zero-order valence-corrected chi connectivity index (χ0v) is 7.80. The van der Waals surface area contributed by atoms with E-state index in [1.807, 2.05) is 24.3 Å². The Hall–Kier alpha value is -1.15. The zero-order valence-electron chi connectivity index (χ0n) is 7.05. The Morgan fingerprint density at radius 1 is 1.31 bits per heavy atom. The highest BCUT2D eigenvalue weighted by molar-refractivity contribution is 6.18. The SMILES string of the molecule is Oc1[nH]c2ccccc2c1CCCl. The molecule has 1 heterocycles. The molecule has 2 N–H and O–H groups in total. The normalized spacial score (nSPS) is 10.8. The number of aromatic hydroxyl groups is 1. The molecule has 13 heavy (non-hydrogen) atoms. The second-order valence-corrected chi connectivity index (χ2v) is 3.31. The van der Waals surface area contributed by atoms with Crippen molar-refractivity contribution >= 4 is 22.5 Å². The van der Waals surface area contributed by atoms with E-state index < -0.39 is 0 Å². The van der Waals surface area contributed by atoms with Gasteiger partial charge in [0.2, 0.25) is 0 Å². The number of rotatable bonds is 2. The molecule has 0 saturated carbocycles. The molecule has 0 aliphatic rings. The first-order valence-electron chi connectivity index (χ1n) is 4.17. The van der Waals surface area contributed by atoms with Gasteiger partial charge in [-0.1, -0.05) is 18.2 Å². The maximum absolute atomic E-state index is 9.55. The third-order valence-electron chi connectivity index (χ3n) is 2.14. The highest BCUT2D eigenvalue weighted by Gasteiger charge is 2.08. The number of alkyl halides is 1. The summed E-state index contributed by atoms with van der Waals surface area (Å²) in [5.41, 5.74) is 1.87. The lowest BCUT2D eigenvalue weighted by molar-refractivity contribution is 0.452. The molecule has 68 valence electrons. The van der Waals surface area contributed by atoms with Crippen LogP contribution in [0.25, 0.3) is 10.9 Å². The molecule has 0 amide bonds. The molecule has 1 aromatic heterocycles. The summed E-state index contributed by atoms with van der Waals surface area (Å²) in [4.78, 5) is 2.91. The topological polar surface area (TPSA) is 36.0 Å². The van der Waals surface area contributed by atoms with Crippen LogP contribution in [0.5, 0.6) is 5.88 Å². The van der Waals surface area contributed by atoms with Crippen molar-refractivity contribution < 1.29 is 5.11 Å². The van der Waals surface area contributed by atoms with Gasteiger partial charge in [-0.25, -0.2) is 0 Å². The van der Waals surface area contributed by atoms with E-state index in [4.69, 9.17) is 11.6 Å². The number of aryl methyl sites for hydroxylation is 1. The van der Waals surface area contributed by atoms with E-state index >= 15 is 0 Å². The van der Waals surface area contributed by atoms with Gasteiger partial charge in [0.15, 0.2) is 5.88 Å². The van der Waals surface area contributed by atoms with Crippen LogP contribution in [-0.4, -0.2) is 16.0 Å². The Labute approximate surface area is 81.1 Å². The highest BCUT2D eigenvalue weighted by Crippen LogP contribution is 2.27. The summed E-state index contributed by atoms with van der Waals surface area (Å²) >= 11 is 5.64. The summed E-state index contributed by atoms with van der Waals surface area (Å²) in [5.74, 6) is 0.761. The highest BCUT2D eigenvalue weighted by atomic mass is 35.5. The van der Waals surface area contributed by atoms with Crippen molar-refractivity contribution in [3.63, 3.8) is 0 Å². The Morgan fingerprint density at radius 2 is 2.08 bits per heavy atom. The largest absolute Gasteiger partial charge is 0.494 e. The average Bonchev–Trinajstić information content (AvgIpc) is 2.44. The van der Waals surface area contributed by atoms with Gasteiger partial charge in [-0.3, -0.25) is 0 Å². The summed E-state index contributed by atoms with van der Waals surface area (Å²) < 4.78 is 0. The zero-order chi connectivity index (χ0) is 9.26. The standard InChI is InChI=1S/C10H10ClNO/c11-6-5-8-7-3-1-2-4-9(7)12-10(8)13/h1-4,12-13H,5-6H2. The molecule has 0 unspecified atom stereocenters. The minimum Gasteiger partial charge on any atom is -0.494 e. The Morgan fingerprint density at radius 3 is 2.85 bits per heavy atom. The van der Waals surface area contributed by atoms with Crippen LogP contribution >= 0.6 is 11.6 Å². The smallest absolute Gasteiger partial charge is 0.192 e. The number of fused-ring (bicyclic) bond motifs is 1. The monoisotopic (exact) mass is 195 g/mol. The molecule has 0 atom stereocenters. The van der Waals surface area contributed by atoms with Gasteiger partial charge in [0, 0.05) is 22.3 Å². The van der Waals surface area contributed by atoms with Crippen molar-refractivity contribution in [2.45, 2.75) is 6.42 Å². The van der Waals surface area contributed by atoms with Gasteiger partial charge in [0.05, 0.1) is 0 Å². The number of para-hydroxylation sites is 1. The average molecular weight is 196 g/mol. The molecule has 0 bridgehead atoms. The van der Waals surface area contributed by atoms with Gasteiger partial charge < -0.3 is 10.1 Å². The fourth-order valence-electron chi connectivity index (χ4n) is 1.53. The molecule has 1 aromatic carbocycles. The number of H-pyrrole nitrogens is 1. The first-order chi connectivity index (χ1) is 6.33. The molecule has 3 heteroatoms. The van der Waals surface area contributed by atoms with Crippen LogP contribution < -0.4 is 0 Å².